The molecule has 2 unspecified atom stereocenters. The average molecular weight is 282 g/mol. The van der Waals surface area contributed by atoms with E-state index in [1.165, 1.54) is 11.1 Å². The Labute approximate surface area is 121 Å². The van der Waals surface area contributed by atoms with E-state index in [1.807, 2.05) is 6.07 Å². The largest absolute Gasteiger partial charge is 0.392 e. The minimum absolute atomic E-state index is 0.166. The lowest BCUT2D eigenvalue weighted by Crippen LogP contribution is -2.36. The molecule has 0 aromatic heterocycles. The van der Waals surface area contributed by atoms with Gasteiger partial charge >= 0.3 is 0 Å². The van der Waals surface area contributed by atoms with Gasteiger partial charge in [-0.25, -0.2) is 0 Å². The first-order valence-corrected chi connectivity index (χ1v) is 7.51. The van der Waals surface area contributed by atoms with Gasteiger partial charge in [0, 0.05) is 17.6 Å². The molecule has 3 heteroatoms. The Hall–Kier alpha value is -0.570. The molecule has 0 bridgehead atoms. The van der Waals surface area contributed by atoms with Gasteiger partial charge in [-0.2, -0.15) is 0 Å². The van der Waals surface area contributed by atoms with Crippen molar-refractivity contribution in [2.45, 2.75) is 52.2 Å². The van der Waals surface area contributed by atoms with Crippen molar-refractivity contribution in [1.29, 1.82) is 0 Å². The van der Waals surface area contributed by atoms with Crippen LogP contribution in [0.5, 0.6) is 0 Å². The summed E-state index contributed by atoms with van der Waals surface area (Å²) in [4.78, 5) is 0. The van der Waals surface area contributed by atoms with Crippen LogP contribution in [0.4, 0.5) is 0 Å². The predicted octanol–water partition coefficient (Wildman–Crippen LogP) is 3.71. The normalized spacial score (nSPS) is 22.3. The number of fused-ring (bicyclic) bond motifs is 1. The van der Waals surface area contributed by atoms with Crippen LogP contribution >= 0.6 is 11.6 Å². The van der Waals surface area contributed by atoms with E-state index in [9.17, 15) is 5.11 Å². The highest BCUT2D eigenvalue weighted by atomic mass is 35.5. The van der Waals surface area contributed by atoms with Crippen LogP contribution in [0.3, 0.4) is 0 Å². The van der Waals surface area contributed by atoms with Crippen LogP contribution in [0, 0.1) is 5.41 Å². The third-order valence-corrected chi connectivity index (χ3v) is 4.26. The van der Waals surface area contributed by atoms with Gasteiger partial charge in [0.1, 0.15) is 0 Å². The second kappa shape index (κ2) is 5.82. The minimum atomic E-state index is -0.260. The summed E-state index contributed by atoms with van der Waals surface area (Å²) in [5, 5.41) is 14.2. The molecule has 1 aromatic carbocycles. The molecule has 2 N–H and O–H groups in total. The molecule has 2 rings (SSSR count). The molecule has 0 aliphatic heterocycles. The van der Waals surface area contributed by atoms with E-state index >= 15 is 0 Å². The smallest absolute Gasteiger partial charge is 0.0664 e. The summed E-state index contributed by atoms with van der Waals surface area (Å²) in [6.45, 7) is 7.28. The van der Waals surface area contributed by atoms with Gasteiger partial charge in [-0.15, -0.1) is 0 Å². The van der Waals surface area contributed by atoms with Gasteiger partial charge in [-0.05, 0) is 41.5 Å². The lowest BCUT2D eigenvalue weighted by atomic mass is 9.85. The number of halogens is 1. The molecule has 0 saturated carbocycles. The third kappa shape index (κ3) is 3.31. The second-order valence-corrected chi connectivity index (χ2v) is 6.73. The van der Waals surface area contributed by atoms with Crippen molar-refractivity contribution in [2.75, 3.05) is 6.54 Å². The van der Waals surface area contributed by atoms with Gasteiger partial charge in [-0.3, -0.25) is 0 Å². The first-order valence-electron chi connectivity index (χ1n) is 7.14. The average Bonchev–Trinajstić information content (AvgIpc) is 2.57. The van der Waals surface area contributed by atoms with E-state index in [0.717, 1.165) is 24.3 Å². The molecule has 1 aromatic rings. The number of nitrogens with one attached hydrogen (secondary N) is 1. The van der Waals surface area contributed by atoms with Crippen LogP contribution in [0.25, 0.3) is 0 Å². The first-order chi connectivity index (χ1) is 8.94. The highest BCUT2D eigenvalue weighted by Gasteiger charge is 2.38. The van der Waals surface area contributed by atoms with Crippen molar-refractivity contribution in [3.63, 3.8) is 0 Å². The fourth-order valence-electron chi connectivity index (χ4n) is 3.08. The number of hydrogen-bond acceptors (Lipinski definition) is 2. The van der Waals surface area contributed by atoms with Crippen LogP contribution in [-0.4, -0.2) is 17.8 Å². The molecule has 19 heavy (non-hydrogen) atoms. The quantitative estimate of drug-likeness (QED) is 0.862. The van der Waals surface area contributed by atoms with Crippen molar-refractivity contribution >= 4 is 11.6 Å². The van der Waals surface area contributed by atoms with Crippen LogP contribution in [0.2, 0.25) is 5.02 Å². The van der Waals surface area contributed by atoms with Crippen LogP contribution in [0.1, 0.15) is 50.8 Å². The fourth-order valence-corrected chi connectivity index (χ4v) is 3.27. The number of aliphatic hydroxyl groups is 1. The van der Waals surface area contributed by atoms with Crippen LogP contribution in [-0.2, 0) is 6.42 Å². The van der Waals surface area contributed by atoms with Gasteiger partial charge in [-0.1, -0.05) is 44.9 Å². The summed E-state index contributed by atoms with van der Waals surface area (Å²) in [6.07, 6.45) is 2.66. The van der Waals surface area contributed by atoms with Gasteiger partial charge in [0.2, 0.25) is 0 Å². The monoisotopic (exact) mass is 281 g/mol. The van der Waals surface area contributed by atoms with E-state index in [-0.39, 0.29) is 17.6 Å². The molecule has 0 heterocycles. The number of benzene rings is 1. The summed E-state index contributed by atoms with van der Waals surface area (Å²) < 4.78 is 0. The highest BCUT2D eigenvalue weighted by molar-refractivity contribution is 6.30. The zero-order valence-electron chi connectivity index (χ0n) is 12.0. The Morgan fingerprint density at radius 1 is 1.47 bits per heavy atom. The summed E-state index contributed by atoms with van der Waals surface area (Å²) >= 11 is 6.12. The van der Waals surface area contributed by atoms with Crippen molar-refractivity contribution in [1.82, 2.24) is 5.32 Å². The molecule has 0 spiro atoms. The van der Waals surface area contributed by atoms with E-state index < -0.39 is 0 Å². The number of rotatable bonds is 5. The maximum atomic E-state index is 9.89. The van der Waals surface area contributed by atoms with E-state index in [4.69, 9.17) is 11.6 Å². The highest BCUT2D eigenvalue weighted by Crippen LogP contribution is 2.45. The molecule has 2 nitrogen and oxygen atoms in total. The molecule has 2 atom stereocenters. The molecule has 0 fully saturated rings. The van der Waals surface area contributed by atoms with Gasteiger partial charge in [0.25, 0.3) is 0 Å². The van der Waals surface area contributed by atoms with Crippen molar-refractivity contribution < 1.29 is 5.11 Å². The van der Waals surface area contributed by atoms with Crippen molar-refractivity contribution in [2.24, 2.45) is 5.41 Å². The summed E-state index contributed by atoms with van der Waals surface area (Å²) in [6, 6.07) is 6.43. The zero-order valence-corrected chi connectivity index (χ0v) is 12.8. The Balaban J connectivity index is 2.12. The maximum Gasteiger partial charge on any atom is 0.0664 e. The summed E-state index contributed by atoms with van der Waals surface area (Å²) in [7, 11) is 0. The molecule has 0 saturated heterocycles. The van der Waals surface area contributed by atoms with E-state index in [1.54, 1.807) is 0 Å². The number of hydrogen-bond donors (Lipinski definition) is 2. The minimum Gasteiger partial charge on any atom is -0.392 e. The Bertz CT molecular complexity index is 444. The standard InChI is InChI=1S/C16H24ClNO/c1-4-5-13(19)10-18-15-14-8-12(17)7-6-11(14)9-16(15,2)3/h6-8,13,15,18-19H,4-5,9-10H2,1-3H3. The SMILES string of the molecule is CCCC(O)CNC1c2cc(Cl)ccc2CC1(C)C. The maximum absolute atomic E-state index is 9.89. The molecule has 0 amide bonds. The lowest BCUT2D eigenvalue weighted by molar-refractivity contribution is 0.144. The van der Waals surface area contributed by atoms with Crippen molar-refractivity contribution in [3.8, 4) is 0 Å². The molecule has 0 radical (unpaired) electrons. The zero-order chi connectivity index (χ0) is 14.0. The van der Waals surface area contributed by atoms with E-state index in [2.05, 4.69) is 38.2 Å². The molecule has 106 valence electrons. The van der Waals surface area contributed by atoms with Gasteiger partial charge < -0.3 is 10.4 Å². The van der Waals surface area contributed by atoms with E-state index in [0.29, 0.717) is 6.54 Å². The van der Waals surface area contributed by atoms with Gasteiger partial charge in [0.05, 0.1) is 6.10 Å². The van der Waals surface area contributed by atoms with Crippen LogP contribution in [0.15, 0.2) is 18.2 Å². The summed E-state index contributed by atoms with van der Waals surface area (Å²) in [5.74, 6) is 0. The van der Waals surface area contributed by atoms with Gasteiger partial charge in [0.15, 0.2) is 0 Å². The predicted molar refractivity (Wildman–Crippen MR) is 80.6 cm³/mol. The molecular weight excluding hydrogens is 258 g/mol. The Morgan fingerprint density at radius 2 is 2.21 bits per heavy atom. The van der Waals surface area contributed by atoms with Crippen molar-refractivity contribution in [3.05, 3.63) is 34.3 Å². The fraction of sp³-hybridized carbons (Fsp3) is 0.625. The Kier molecular flexibility index (Phi) is 4.54. The molecular formula is C16H24ClNO. The lowest BCUT2D eigenvalue weighted by Gasteiger charge is -2.29. The number of aliphatic hydroxyl groups excluding tert-OH is 1. The molecule has 1 aliphatic carbocycles. The second-order valence-electron chi connectivity index (χ2n) is 6.29. The summed E-state index contributed by atoms with van der Waals surface area (Å²) in [5.41, 5.74) is 2.83. The first kappa shape index (κ1) is 14.8. The third-order valence-electron chi connectivity index (χ3n) is 4.03. The molecule has 1 aliphatic rings. The topological polar surface area (TPSA) is 32.3 Å². The van der Waals surface area contributed by atoms with Crippen LogP contribution < -0.4 is 5.32 Å². The Morgan fingerprint density at radius 3 is 2.89 bits per heavy atom.